The predicted octanol–water partition coefficient (Wildman–Crippen LogP) is 2.21. The lowest BCUT2D eigenvalue weighted by Crippen LogP contribution is -2.27. The molecular weight excluding hydrogens is 186 g/mol. The van der Waals surface area contributed by atoms with Crippen molar-refractivity contribution >= 4 is 5.78 Å². The summed E-state index contributed by atoms with van der Waals surface area (Å²) >= 11 is 0. The molecule has 1 aliphatic carbocycles. The van der Waals surface area contributed by atoms with Gasteiger partial charge in [0.05, 0.1) is 6.54 Å². The molecule has 2 nitrogen and oxygen atoms in total. The topological polar surface area (TPSA) is 20.3 Å². The average molecular weight is 203 g/mol. The van der Waals surface area contributed by atoms with Gasteiger partial charge in [-0.25, -0.2) is 0 Å². The third-order valence-electron chi connectivity index (χ3n) is 2.78. The summed E-state index contributed by atoms with van der Waals surface area (Å²) < 4.78 is 0. The van der Waals surface area contributed by atoms with Crippen molar-refractivity contribution in [1.82, 2.24) is 4.90 Å². The molecule has 0 N–H and O–H groups in total. The van der Waals surface area contributed by atoms with Crippen molar-refractivity contribution in [1.29, 1.82) is 0 Å². The Labute approximate surface area is 90.9 Å². The van der Waals surface area contributed by atoms with Crippen LogP contribution in [0.15, 0.2) is 30.3 Å². The van der Waals surface area contributed by atoms with E-state index < -0.39 is 0 Å². The van der Waals surface area contributed by atoms with Crippen LogP contribution in [0, 0.1) is 5.92 Å². The smallest absolute Gasteiger partial charge is 0.176 e. The standard InChI is InChI=1S/C13H17NO/c1-14(9-11-7-8-11)10-13(15)12-5-3-2-4-6-12/h2-6,11H,7-10H2,1H3. The van der Waals surface area contributed by atoms with Gasteiger partial charge in [0.25, 0.3) is 0 Å². The second kappa shape index (κ2) is 4.58. The average Bonchev–Trinajstić information content (AvgIpc) is 3.03. The Morgan fingerprint density at radius 1 is 1.33 bits per heavy atom. The minimum atomic E-state index is 0.221. The number of Topliss-reactive ketones (excluding diaryl/α,β-unsaturated/α-hetero) is 1. The number of hydrogen-bond acceptors (Lipinski definition) is 2. The molecule has 1 saturated carbocycles. The van der Waals surface area contributed by atoms with Crippen LogP contribution >= 0.6 is 0 Å². The number of hydrogen-bond donors (Lipinski definition) is 0. The second-order valence-electron chi connectivity index (χ2n) is 4.43. The van der Waals surface area contributed by atoms with Crippen LogP contribution < -0.4 is 0 Å². The summed E-state index contributed by atoms with van der Waals surface area (Å²) in [7, 11) is 2.03. The van der Waals surface area contributed by atoms with Gasteiger partial charge in [-0.15, -0.1) is 0 Å². The van der Waals surface area contributed by atoms with Crippen molar-refractivity contribution in [3.63, 3.8) is 0 Å². The van der Waals surface area contributed by atoms with Crippen molar-refractivity contribution in [2.24, 2.45) is 5.92 Å². The number of ketones is 1. The van der Waals surface area contributed by atoms with Crippen LogP contribution in [0.1, 0.15) is 23.2 Å². The molecule has 0 unspecified atom stereocenters. The summed E-state index contributed by atoms with van der Waals surface area (Å²) in [5.74, 6) is 1.07. The summed E-state index contributed by atoms with van der Waals surface area (Å²) in [5, 5.41) is 0. The molecule has 0 spiro atoms. The van der Waals surface area contributed by atoms with E-state index in [2.05, 4.69) is 4.90 Å². The SMILES string of the molecule is CN(CC(=O)c1ccccc1)CC1CC1. The highest BCUT2D eigenvalue weighted by atomic mass is 16.1. The molecule has 0 aliphatic heterocycles. The number of rotatable bonds is 5. The van der Waals surface area contributed by atoms with Gasteiger partial charge in [0.2, 0.25) is 0 Å². The molecule has 1 aromatic rings. The second-order valence-corrected chi connectivity index (χ2v) is 4.43. The zero-order valence-electron chi connectivity index (χ0n) is 9.15. The third-order valence-corrected chi connectivity index (χ3v) is 2.78. The molecule has 2 rings (SSSR count). The summed E-state index contributed by atoms with van der Waals surface area (Å²) in [4.78, 5) is 13.9. The van der Waals surface area contributed by atoms with Crippen molar-refractivity contribution < 1.29 is 4.79 Å². The van der Waals surface area contributed by atoms with Crippen LogP contribution in [0.4, 0.5) is 0 Å². The van der Waals surface area contributed by atoms with Crippen molar-refractivity contribution in [2.45, 2.75) is 12.8 Å². The van der Waals surface area contributed by atoms with E-state index >= 15 is 0 Å². The van der Waals surface area contributed by atoms with Crippen LogP contribution in [0.5, 0.6) is 0 Å². The molecule has 0 amide bonds. The number of carbonyl (C=O) groups is 1. The van der Waals surface area contributed by atoms with Gasteiger partial charge in [-0.2, -0.15) is 0 Å². The summed E-state index contributed by atoms with van der Waals surface area (Å²) in [6, 6.07) is 9.52. The lowest BCUT2D eigenvalue weighted by molar-refractivity contribution is 0.0944. The number of nitrogens with zero attached hydrogens (tertiary/aromatic N) is 1. The highest BCUT2D eigenvalue weighted by molar-refractivity contribution is 5.97. The van der Waals surface area contributed by atoms with Crippen LogP contribution in [-0.2, 0) is 0 Å². The highest BCUT2D eigenvalue weighted by Gasteiger charge is 2.23. The largest absolute Gasteiger partial charge is 0.299 e. The van der Waals surface area contributed by atoms with Crippen molar-refractivity contribution in [3.05, 3.63) is 35.9 Å². The summed E-state index contributed by atoms with van der Waals surface area (Å²) in [6.45, 7) is 1.61. The first-order chi connectivity index (χ1) is 7.25. The Balaban J connectivity index is 1.85. The van der Waals surface area contributed by atoms with Gasteiger partial charge in [0.1, 0.15) is 0 Å². The minimum Gasteiger partial charge on any atom is -0.299 e. The normalized spacial score (nSPS) is 15.6. The molecule has 0 saturated heterocycles. The van der Waals surface area contributed by atoms with E-state index in [0.29, 0.717) is 6.54 Å². The predicted molar refractivity (Wildman–Crippen MR) is 61.0 cm³/mol. The molecule has 0 radical (unpaired) electrons. The van der Waals surface area contributed by atoms with Gasteiger partial charge in [0, 0.05) is 12.1 Å². The Morgan fingerprint density at radius 2 is 2.00 bits per heavy atom. The highest BCUT2D eigenvalue weighted by Crippen LogP contribution is 2.29. The molecule has 0 bridgehead atoms. The van der Waals surface area contributed by atoms with Gasteiger partial charge >= 0.3 is 0 Å². The maximum absolute atomic E-state index is 11.8. The van der Waals surface area contributed by atoms with Gasteiger partial charge in [-0.05, 0) is 25.8 Å². The molecule has 80 valence electrons. The fourth-order valence-electron chi connectivity index (χ4n) is 1.77. The first-order valence-electron chi connectivity index (χ1n) is 5.52. The lowest BCUT2D eigenvalue weighted by atomic mass is 10.1. The van der Waals surface area contributed by atoms with E-state index in [0.717, 1.165) is 18.0 Å². The van der Waals surface area contributed by atoms with Gasteiger partial charge in [-0.1, -0.05) is 30.3 Å². The molecule has 0 aromatic heterocycles. The summed E-state index contributed by atoms with van der Waals surface area (Å²) in [5.41, 5.74) is 0.820. The fourth-order valence-corrected chi connectivity index (χ4v) is 1.77. The molecule has 0 heterocycles. The van der Waals surface area contributed by atoms with E-state index in [-0.39, 0.29) is 5.78 Å². The van der Waals surface area contributed by atoms with E-state index in [1.54, 1.807) is 0 Å². The Morgan fingerprint density at radius 3 is 2.60 bits per heavy atom. The molecule has 1 aliphatic rings. The van der Waals surface area contributed by atoms with Crippen molar-refractivity contribution in [2.75, 3.05) is 20.1 Å². The van der Waals surface area contributed by atoms with Gasteiger partial charge in [0.15, 0.2) is 5.78 Å². The van der Waals surface area contributed by atoms with Crippen LogP contribution in [0.3, 0.4) is 0 Å². The monoisotopic (exact) mass is 203 g/mol. The van der Waals surface area contributed by atoms with E-state index in [1.165, 1.54) is 12.8 Å². The molecule has 2 heteroatoms. The first-order valence-corrected chi connectivity index (χ1v) is 5.52. The minimum absolute atomic E-state index is 0.221. The zero-order chi connectivity index (χ0) is 10.7. The van der Waals surface area contributed by atoms with Crippen molar-refractivity contribution in [3.8, 4) is 0 Å². The fraction of sp³-hybridized carbons (Fsp3) is 0.462. The maximum atomic E-state index is 11.8. The number of benzene rings is 1. The van der Waals surface area contributed by atoms with E-state index in [4.69, 9.17) is 0 Å². The maximum Gasteiger partial charge on any atom is 0.176 e. The first kappa shape index (κ1) is 10.4. The molecule has 1 aromatic carbocycles. The third kappa shape index (κ3) is 3.17. The quantitative estimate of drug-likeness (QED) is 0.684. The van der Waals surface area contributed by atoms with E-state index in [1.807, 2.05) is 37.4 Å². The Kier molecular flexibility index (Phi) is 3.17. The van der Waals surface area contributed by atoms with Gasteiger partial charge < -0.3 is 0 Å². The Hall–Kier alpha value is -1.15. The number of likely N-dealkylation sites (N-methyl/N-ethyl adjacent to an activating group) is 1. The van der Waals surface area contributed by atoms with Crippen LogP contribution in [0.2, 0.25) is 0 Å². The lowest BCUT2D eigenvalue weighted by Gasteiger charge is -2.14. The van der Waals surface area contributed by atoms with Crippen LogP contribution in [0.25, 0.3) is 0 Å². The van der Waals surface area contributed by atoms with Crippen LogP contribution in [-0.4, -0.2) is 30.8 Å². The van der Waals surface area contributed by atoms with Gasteiger partial charge in [-0.3, -0.25) is 9.69 Å². The molecular formula is C13H17NO. The Bertz CT molecular complexity index is 330. The van der Waals surface area contributed by atoms with E-state index in [9.17, 15) is 4.79 Å². The summed E-state index contributed by atoms with van der Waals surface area (Å²) in [6.07, 6.45) is 2.67. The molecule has 1 fully saturated rings. The number of carbonyl (C=O) groups excluding carboxylic acids is 1. The molecule has 15 heavy (non-hydrogen) atoms. The zero-order valence-corrected chi connectivity index (χ0v) is 9.15. The molecule has 0 atom stereocenters.